The Morgan fingerprint density at radius 3 is 2.96 bits per heavy atom. The molecule has 0 aliphatic rings. The van der Waals surface area contributed by atoms with E-state index < -0.39 is 0 Å². The molecule has 1 amide bonds. The number of nitrogens with one attached hydrogen (secondary N) is 1. The third-order valence-electron chi connectivity index (χ3n) is 4.30. The predicted octanol–water partition coefficient (Wildman–Crippen LogP) is 4.39. The molecule has 0 fully saturated rings. The van der Waals surface area contributed by atoms with Gasteiger partial charge in [-0.25, -0.2) is 4.98 Å². The molecule has 4 nitrogen and oxygen atoms in total. The van der Waals surface area contributed by atoms with Crippen molar-refractivity contribution in [1.82, 2.24) is 14.9 Å². The number of carbonyl (C=O) groups excluding carboxylic acids is 1. The number of rotatable bonds is 7. The number of thioether (sulfide) groups is 1. The molecule has 2 heterocycles. The number of aromatic nitrogens is 2. The van der Waals surface area contributed by atoms with Crippen molar-refractivity contribution in [1.29, 1.82) is 0 Å². The van der Waals surface area contributed by atoms with E-state index in [1.54, 1.807) is 17.5 Å². The molecule has 3 aromatic rings. The van der Waals surface area contributed by atoms with Gasteiger partial charge in [0.2, 0.25) is 5.91 Å². The first-order valence-electron chi connectivity index (χ1n) is 8.57. The molecule has 0 saturated carbocycles. The lowest BCUT2D eigenvalue weighted by Gasteiger charge is -2.14. The summed E-state index contributed by atoms with van der Waals surface area (Å²) in [5.41, 5.74) is 4.84. The molecule has 1 N–H and O–H groups in total. The second-order valence-corrected chi connectivity index (χ2v) is 8.11. The van der Waals surface area contributed by atoms with Crippen LogP contribution in [-0.2, 0) is 11.2 Å². The molecule has 0 aliphatic heterocycles. The maximum atomic E-state index is 12.3. The van der Waals surface area contributed by atoms with E-state index in [-0.39, 0.29) is 11.9 Å². The Kier molecular flexibility index (Phi) is 6.16. The number of thiophene rings is 1. The molecule has 136 valence electrons. The lowest BCUT2D eigenvalue weighted by molar-refractivity contribution is -0.119. The van der Waals surface area contributed by atoms with Gasteiger partial charge in [0.15, 0.2) is 5.16 Å². The van der Waals surface area contributed by atoms with E-state index in [0.717, 1.165) is 17.3 Å². The Balaban J connectivity index is 1.59. The molecule has 1 aromatic carbocycles. The summed E-state index contributed by atoms with van der Waals surface area (Å²) in [7, 11) is 0. The van der Waals surface area contributed by atoms with E-state index >= 15 is 0 Å². The van der Waals surface area contributed by atoms with Crippen LogP contribution in [0.2, 0.25) is 0 Å². The first kappa shape index (κ1) is 18.7. The number of amides is 1. The molecule has 0 aliphatic carbocycles. The zero-order chi connectivity index (χ0) is 18.5. The molecule has 1 atom stereocenters. The lowest BCUT2D eigenvalue weighted by Crippen LogP contribution is -2.35. The summed E-state index contributed by atoms with van der Waals surface area (Å²) in [5, 5.41) is 8.09. The maximum Gasteiger partial charge on any atom is 0.230 e. The molecular weight excluding hydrogens is 362 g/mol. The normalized spacial score (nSPS) is 12.1. The maximum absolute atomic E-state index is 12.3. The number of aryl methyl sites for hydroxylation is 1. The predicted molar refractivity (Wildman–Crippen MR) is 109 cm³/mol. The molecule has 6 heteroatoms. The minimum absolute atomic E-state index is 0.0354. The Morgan fingerprint density at radius 2 is 2.19 bits per heavy atom. The van der Waals surface area contributed by atoms with E-state index in [9.17, 15) is 4.79 Å². The van der Waals surface area contributed by atoms with Crippen LogP contribution < -0.4 is 5.32 Å². The highest BCUT2D eigenvalue weighted by Crippen LogP contribution is 2.24. The van der Waals surface area contributed by atoms with Crippen LogP contribution in [-0.4, -0.2) is 27.3 Å². The topological polar surface area (TPSA) is 46.9 Å². The van der Waals surface area contributed by atoms with Gasteiger partial charge in [-0.15, -0.1) is 0 Å². The van der Waals surface area contributed by atoms with E-state index in [4.69, 9.17) is 0 Å². The van der Waals surface area contributed by atoms with Crippen molar-refractivity contribution in [3.8, 4) is 5.69 Å². The summed E-state index contributed by atoms with van der Waals surface area (Å²) in [6.45, 7) is 6.25. The first-order chi connectivity index (χ1) is 12.5. The zero-order valence-electron chi connectivity index (χ0n) is 15.2. The smallest absolute Gasteiger partial charge is 0.230 e. The van der Waals surface area contributed by atoms with Crippen LogP contribution in [0.15, 0.2) is 52.6 Å². The fourth-order valence-corrected chi connectivity index (χ4v) is 4.30. The fourth-order valence-electron chi connectivity index (χ4n) is 2.84. The van der Waals surface area contributed by atoms with Gasteiger partial charge in [-0.05, 0) is 66.8 Å². The molecule has 0 radical (unpaired) electrons. The number of benzene rings is 1. The summed E-state index contributed by atoms with van der Waals surface area (Å²) in [4.78, 5) is 16.7. The molecule has 2 aromatic heterocycles. The highest BCUT2D eigenvalue weighted by Gasteiger charge is 2.13. The fraction of sp³-hybridized carbons (Fsp3) is 0.300. The van der Waals surface area contributed by atoms with Crippen LogP contribution in [0, 0.1) is 13.8 Å². The minimum Gasteiger partial charge on any atom is -0.353 e. The molecule has 1 unspecified atom stereocenters. The Labute approximate surface area is 162 Å². The highest BCUT2D eigenvalue weighted by atomic mass is 32.2. The van der Waals surface area contributed by atoms with Crippen molar-refractivity contribution < 1.29 is 4.79 Å². The highest BCUT2D eigenvalue weighted by molar-refractivity contribution is 7.99. The number of carbonyl (C=O) groups is 1. The van der Waals surface area contributed by atoms with Crippen LogP contribution in [0.5, 0.6) is 0 Å². The Hall–Kier alpha value is -2.05. The summed E-state index contributed by atoms with van der Waals surface area (Å²) in [5.74, 6) is 0.392. The van der Waals surface area contributed by atoms with Crippen LogP contribution >= 0.6 is 23.1 Å². The van der Waals surface area contributed by atoms with E-state index in [0.29, 0.717) is 5.75 Å². The monoisotopic (exact) mass is 385 g/mol. The van der Waals surface area contributed by atoms with Gasteiger partial charge in [-0.2, -0.15) is 11.3 Å². The van der Waals surface area contributed by atoms with Gasteiger partial charge in [-0.1, -0.05) is 23.9 Å². The molecular formula is C20H23N3OS2. The van der Waals surface area contributed by atoms with Crippen molar-refractivity contribution in [3.05, 3.63) is 64.1 Å². The average Bonchev–Trinajstić information content (AvgIpc) is 3.27. The third kappa shape index (κ3) is 4.56. The van der Waals surface area contributed by atoms with Crippen LogP contribution in [0.4, 0.5) is 0 Å². The average molecular weight is 386 g/mol. The third-order valence-corrected chi connectivity index (χ3v) is 6.00. The van der Waals surface area contributed by atoms with Crippen molar-refractivity contribution >= 4 is 29.0 Å². The van der Waals surface area contributed by atoms with Crippen molar-refractivity contribution in [2.24, 2.45) is 0 Å². The molecule has 0 saturated heterocycles. The summed E-state index contributed by atoms with van der Waals surface area (Å²) < 4.78 is 2.05. The van der Waals surface area contributed by atoms with E-state index in [1.807, 2.05) is 19.2 Å². The van der Waals surface area contributed by atoms with Crippen molar-refractivity contribution in [3.63, 3.8) is 0 Å². The van der Waals surface area contributed by atoms with Crippen LogP contribution in [0.1, 0.15) is 23.6 Å². The Morgan fingerprint density at radius 1 is 1.35 bits per heavy atom. The largest absolute Gasteiger partial charge is 0.353 e. The van der Waals surface area contributed by atoms with E-state index in [1.165, 1.54) is 28.5 Å². The quantitative estimate of drug-likeness (QED) is 0.614. The van der Waals surface area contributed by atoms with Gasteiger partial charge in [0.05, 0.1) is 11.4 Å². The SMILES string of the molecule is Cc1cccc(-n2ccnc2SCC(=O)NC(C)Cc2ccsc2)c1C. The van der Waals surface area contributed by atoms with E-state index in [2.05, 4.69) is 57.7 Å². The Bertz CT molecular complexity index is 871. The summed E-state index contributed by atoms with van der Waals surface area (Å²) in [6.07, 6.45) is 4.58. The second-order valence-electron chi connectivity index (χ2n) is 6.39. The summed E-state index contributed by atoms with van der Waals surface area (Å²) >= 11 is 3.15. The van der Waals surface area contributed by atoms with Gasteiger partial charge >= 0.3 is 0 Å². The number of nitrogens with zero attached hydrogens (tertiary/aromatic N) is 2. The van der Waals surface area contributed by atoms with Crippen LogP contribution in [0.25, 0.3) is 5.69 Å². The van der Waals surface area contributed by atoms with Gasteiger partial charge in [0.25, 0.3) is 0 Å². The minimum atomic E-state index is 0.0354. The van der Waals surface area contributed by atoms with Gasteiger partial charge < -0.3 is 5.32 Å². The van der Waals surface area contributed by atoms with Gasteiger partial charge in [0.1, 0.15) is 0 Å². The van der Waals surface area contributed by atoms with Gasteiger partial charge in [0, 0.05) is 18.4 Å². The number of imidazole rings is 1. The second kappa shape index (κ2) is 8.56. The van der Waals surface area contributed by atoms with Gasteiger partial charge in [-0.3, -0.25) is 9.36 Å². The molecule has 26 heavy (non-hydrogen) atoms. The molecule has 3 rings (SSSR count). The molecule has 0 spiro atoms. The molecule has 0 bridgehead atoms. The van der Waals surface area contributed by atoms with Crippen LogP contribution in [0.3, 0.4) is 0 Å². The standard InChI is InChI=1S/C20H23N3OS2/c1-14-5-4-6-18(16(14)3)23-9-8-21-20(23)26-13-19(24)22-15(2)11-17-7-10-25-12-17/h4-10,12,15H,11,13H2,1-3H3,(H,22,24). The van der Waals surface area contributed by atoms with Crippen molar-refractivity contribution in [2.45, 2.75) is 38.4 Å². The summed E-state index contributed by atoms with van der Waals surface area (Å²) in [6, 6.07) is 8.45. The zero-order valence-corrected chi connectivity index (χ0v) is 16.9. The number of hydrogen-bond donors (Lipinski definition) is 1. The first-order valence-corrected chi connectivity index (χ1v) is 10.5. The lowest BCUT2D eigenvalue weighted by atomic mass is 10.1. The van der Waals surface area contributed by atoms with Crippen molar-refractivity contribution in [2.75, 3.05) is 5.75 Å². The number of hydrogen-bond acceptors (Lipinski definition) is 4.